The molecule has 1 aliphatic rings. The maximum absolute atomic E-state index is 14.4. The molecule has 0 aromatic heterocycles. The van der Waals surface area contributed by atoms with Gasteiger partial charge >= 0.3 is 0 Å². The first-order valence-corrected chi connectivity index (χ1v) is 7.71. The molecule has 2 nitrogen and oxygen atoms in total. The van der Waals surface area contributed by atoms with Crippen molar-refractivity contribution in [1.29, 1.82) is 0 Å². The van der Waals surface area contributed by atoms with Crippen LogP contribution in [0.15, 0.2) is 18.2 Å². The van der Waals surface area contributed by atoms with Gasteiger partial charge in [-0.25, -0.2) is 4.39 Å². The first kappa shape index (κ1) is 15.3. The summed E-state index contributed by atoms with van der Waals surface area (Å²) in [6.07, 6.45) is 3.46. The van der Waals surface area contributed by atoms with Crippen LogP contribution in [0.3, 0.4) is 0 Å². The molecule has 2 rings (SSSR count). The minimum Gasteiger partial charge on any atom is -0.366 e. The van der Waals surface area contributed by atoms with Gasteiger partial charge in [-0.1, -0.05) is 13.0 Å². The van der Waals surface area contributed by atoms with E-state index in [2.05, 4.69) is 37.9 Å². The smallest absolute Gasteiger partial charge is 0.146 e. The predicted molar refractivity (Wildman–Crippen MR) is 83.7 cm³/mol. The summed E-state index contributed by atoms with van der Waals surface area (Å²) in [4.78, 5) is 2.23. The number of benzene rings is 1. The molecule has 0 atom stereocenters. The lowest BCUT2D eigenvalue weighted by atomic mass is 10.1. The molecule has 20 heavy (non-hydrogen) atoms. The number of anilines is 1. The fourth-order valence-electron chi connectivity index (χ4n) is 2.39. The van der Waals surface area contributed by atoms with Gasteiger partial charge in [-0.3, -0.25) is 0 Å². The normalized spacial score (nSPS) is 15.4. The van der Waals surface area contributed by atoms with Crippen LogP contribution >= 0.6 is 0 Å². The van der Waals surface area contributed by atoms with Crippen molar-refractivity contribution in [2.45, 2.75) is 65.1 Å². The van der Waals surface area contributed by atoms with Crippen LogP contribution in [0.4, 0.5) is 10.1 Å². The lowest BCUT2D eigenvalue weighted by molar-refractivity contribution is 0.423. The number of hydrogen-bond donors (Lipinski definition) is 1. The van der Waals surface area contributed by atoms with Crippen LogP contribution in [0.2, 0.25) is 0 Å². The Kier molecular flexibility index (Phi) is 4.69. The highest BCUT2D eigenvalue weighted by atomic mass is 19.1. The zero-order valence-electron chi connectivity index (χ0n) is 13.2. The largest absolute Gasteiger partial charge is 0.366 e. The highest BCUT2D eigenvalue weighted by molar-refractivity contribution is 5.51. The third-order valence-electron chi connectivity index (χ3n) is 3.60. The van der Waals surface area contributed by atoms with Crippen LogP contribution in [-0.2, 0) is 6.54 Å². The van der Waals surface area contributed by atoms with Gasteiger partial charge in [-0.05, 0) is 57.7 Å². The standard InChI is InChI=1S/C17H27FN2/c1-5-10-20(14-7-8-14)16-9-6-13(11-15(16)18)12-19-17(2,3)4/h6,9,11,14,19H,5,7-8,10,12H2,1-4H3. The molecule has 1 aliphatic carbocycles. The minimum atomic E-state index is -0.0847. The van der Waals surface area contributed by atoms with Gasteiger partial charge in [0.05, 0.1) is 5.69 Å². The molecule has 1 N–H and O–H groups in total. The van der Waals surface area contributed by atoms with Crippen molar-refractivity contribution in [2.75, 3.05) is 11.4 Å². The Hall–Kier alpha value is -1.09. The van der Waals surface area contributed by atoms with Crippen LogP contribution < -0.4 is 10.2 Å². The van der Waals surface area contributed by atoms with E-state index in [1.807, 2.05) is 12.1 Å². The van der Waals surface area contributed by atoms with Crippen LogP contribution in [0.1, 0.15) is 52.5 Å². The average Bonchev–Trinajstić information content (AvgIpc) is 3.18. The Morgan fingerprint density at radius 3 is 2.50 bits per heavy atom. The quantitative estimate of drug-likeness (QED) is 0.843. The molecule has 0 aliphatic heterocycles. The predicted octanol–water partition coefficient (Wildman–Crippen LogP) is 4.09. The first-order valence-electron chi connectivity index (χ1n) is 7.71. The van der Waals surface area contributed by atoms with E-state index in [4.69, 9.17) is 0 Å². The van der Waals surface area contributed by atoms with Crippen LogP contribution in [0.25, 0.3) is 0 Å². The van der Waals surface area contributed by atoms with E-state index in [-0.39, 0.29) is 11.4 Å². The first-order chi connectivity index (χ1) is 9.40. The van der Waals surface area contributed by atoms with Crippen LogP contribution in [0.5, 0.6) is 0 Å². The second-order valence-electron chi connectivity index (χ2n) is 6.81. The topological polar surface area (TPSA) is 15.3 Å². The Bertz CT molecular complexity index is 447. The van der Waals surface area contributed by atoms with Crippen molar-refractivity contribution < 1.29 is 4.39 Å². The molecule has 3 heteroatoms. The van der Waals surface area contributed by atoms with E-state index >= 15 is 0 Å². The summed E-state index contributed by atoms with van der Waals surface area (Å²) in [5.41, 5.74) is 1.83. The maximum atomic E-state index is 14.4. The van der Waals surface area contributed by atoms with Gasteiger partial charge in [0, 0.05) is 24.7 Å². The van der Waals surface area contributed by atoms with E-state index in [1.165, 1.54) is 12.8 Å². The maximum Gasteiger partial charge on any atom is 0.146 e. The Morgan fingerprint density at radius 2 is 2.00 bits per heavy atom. The molecule has 0 radical (unpaired) electrons. The summed E-state index contributed by atoms with van der Waals surface area (Å²) in [5, 5.41) is 3.39. The number of halogens is 1. The molecule has 1 aromatic carbocycles. The lowest BCUT2D eigenvalue weighted by Gasteiger charge is -2.25. The fourth-order valence-corrected chi connectivity index (χ4v) is 2.39. The van der Waals surface area contributed by atoms with Crippen molar-refractivity contribution in [3.05, 3.63) is 29.6 Å². The van der Waals surface area contributed by atoms with Gasteiger partial charge in [-0.2, -0.15) is 0 Å². The Morgan fingerprint density at radius 1 is 1.30 bits per heavy atom. The molecule has 1 fully saturated rings. The third-order valence-corrected chi connectivity index (χ3v) is 3.60. The summed E-state index contributed by atoms with van der Waals surface area (Å²) >= 11 is 0. The fraction of sp³-hybridized carbons (Fsp3) is 0.647. The van der Waals surface area contributed by atoms with E-state index in [1.54, 1.807) is 6.07 Å². The number of rotatable bonds is 6. The second kappa shape index (κ2) is 6.13. The van der Waals surface area contributed by atoms with Gasteiger partial charge < -0.3 is 10.2 Å². The van der Waals surface area contributed by atoms with E-state index in [9.17, 15) is 4.39 Å². The minimum absolute atomic E-state index is 0.0530. The molecule has 0 heterocycles. The highest BCUT2D eigenvalue weighted by Crippen LogP contribution is 2.33. The number of nitrogens with one attached hydrogen (secondary N) is 1. The molecule has 0 unspecified atom stereocenters. The summed E-state index contributed by atoms with van der Waals surface area (Å²) in [5.74, 6) is -0.0847. The third kappa shape index (κ3) is 4.20. The zero-order valence-corrected chi connectivity index (χ0v) is 13.2. The molecule has 0 spiro atoms. The summed E-state index contributed by atoms with van der Waals surface area (Å²) in [7, 11) is 0. The van der Waals surface area contributed by atoms with Crippen LogP contribution in [0, 0.1) is 5.82 Å². The van der Waals surface area contributed by atoms with Crippen molar-refractivity contribution in [3.8, 4) is 0 Å². The van der Waals surface area contributed by atoms with Gasteiger partial charge in [0.2, 0.25) is 0 Å². The van der Waals surface area contributed by atoms with Crippen LogP contribution in [-0.4, -0.2) is 18.1 Å². The summed E-state index contributed by atoms with van der Waals surface area (Å²) < 4.78 is 14.4. The summed E-state index contributed by atoms with van der Waals surface area (Å²) in [6.45, 7) is 10.2. The average molecular weight is 278 g/mol. The zero-order chi connectivity index (χ0) is 14.8. The molecule has 1 aromatic rings. The molecule has 1 saturated carbocycles. The lowest BCUT2D eigenvalue weighted by Crippen LogP contribution is -2.35. The second-order valence-corrected chi connectivity index (χ2v) is 6.81. The molecule has 0 saturated heterocycles. The van der Waals surface area contributed by atoms with Crippen molar-refractivity contribution in [2.24, 2.45) is 0 Å². The SMILES string of the molecule is CCCN(c1ccc(CNC(C)(C)C)cc1F)C1CC1. The van der Waals surface area contributed by atoms with Gasteiger partial charge in [0.25, 0.3) is 0 Å². The van der Waals surface area contributed by atoms with Gasteiger partial charge in [0.1, 0.15) is 5.82 Å². The molecular formula is C17H27FN2. The van der Waals surface area contributed by atoms with E-state index < -0.39 is 0 Å². The van der Waals surface area contributed by atoms with E-state index in [0.717, 1.165) is 24.2 Å². The number of nitrogens with zero attached hydrogens (tertiary/aromatic N) is 1. The molecule has 0 amide bonds. The monoisotopic (exact) mass is 278 g/mol. The van der Waals surface area contributed by atoms with Gasteiger partial charge in [-0.15, -0.1) is 0 Å². The van der Waals surface area contributed by atoms with Crippen molar-refractivity contribution >= 4 is 5.69 Å². The van der Waals surface area contributed by atoms with E-state index in [0.29, 0.717) is 12.6 Å². The molecular weight excluding hydrogens is 251 g/mol. The molecule has 112 valence electrons. The summed E-state index contributed by atoms with van der Waals surface area (Å²) in [6, 6.07) is 6.23. The Labute approximate surface area is 122 Å². The Balaban J connectivity index is 2.08. The number of hydrogen-bond acceptors (Lipinski definition) is 2. The van der Waals surface area contributed by atoms with Gasteiger partial charge in [0.15, 0.2) is 0 Å². The van der Waals surface area contributed by atoms with Crippen molar-refractivity contribution in [3.63, 3.8) is 0 Å². The van der Waals surface area contributed by atoms with Crippen molar-refractivity contribution in [1.82, 2.24) is 5.32 Å². The molecule has 0 bridgehead atoms. The highest BCUT2D eigenvalue weighted by Gasteiger charge is 2.30.